The Labute approximate surface area is 184 Å². The highest BCUT2D eigenvalue weighted by molar-refractivity contribution is 5.96. The fourth-order valence-corrected chi connectivity index (χ4v) is 3.97. The molecule has 1 unspecified atom stereocenters. The minimum atomic E-state index is -0.0491. The van der Waals surface area contributed by atoms with E-state index in [0.29, 0.717) is 41.8 Å². The van der Waals surface area contributed by atoms with Crippen LogP contribution in [0.3, 0.4) is 0 Å². The smallest absolute Gasteiger partial charge is 0.254 e. The highest BCUT2D eigenvalue weighted by Gasteiger charge is 2.25. The summed E-state index contributed by atoms with van der Waals surface area (Å²) in [5.74, 6) is 1.82. The number of carbonyl (C=O) groups excluding carboxylic acids is 1. The van der Waals surface area contributed by atoms with Crippen LogP contribution >= 0.6 is 0 Å². The first-order chi connectivity index (χ1) is 15.0. The number of hydrogen-bond acceptors (Lipinski definition) is 5. The third-order valence-corrected chi connectivity index (χ3v) is 5.49. The molecule has 0 saturated carbocycles. The molecule has 1 aliphatic heterocycles. The lowest BCUT2D eigenvalue weighted by Crippen LogP contribution is -2.37. The lowest BCUT2D eigenvalue weighted by atomic mass is 10.1. The third kappa shape index (κ3) is 5.79. The quantitative estimate of drug-likeness (QED) is 0.662. The van der Waals surface area contributed by atoms with Crippen molar-refractivity contribution < 1.29 is 19.0 Å². The van der Waals surface area contributed by atoms with Crippen LogP contribution in [0.5, 0.6) is 17.2 Å². The molecule has 1 heterocycles. The van der Waals surface area contributed by atoms with Gasteiger partial charge in [0.1, 0.15) is 0 Å². The molecule has 1 atom stereocenters. The number of nitrogens with one attached hydrogen (secondary N) is 1. The van der Waals surface area contributed by atoms with Crippen molar-refractivity contribution >= 4 is 12.0 Å². The van der Waals surface area contributed by atoms with Gasteiger partial charge in [0.15, 0.2) is 11.5 Å². The number of amides is 1. The molecule has 166 valence electrons. The zero-order valence-corrected chi connectivity index (χ0v) is 18.8. The molecule has 6 heteroatoms. The van der Waals surface area contributed by atoms with E-state index in [-0.39, 0.29) is 5.91 Å². The first kappa shape index (κ1) is 22.7. The second-order valence-corrected chi connectivity index (χ2v) is 7.86. The summed E-state index contributed by atoms with van der Waals surface area (Å²) in [4.78, 5) is 15.5. The molecule has 2 aromatic carbocycles. The van der Waals surface area contributed by atoms with Gasteiger partial charge in [0.25, 0.3) is 5.91 Å². The average molecular weight is 425 g/mol. The Bertz CT molecular complexity index is 880. The standard InChI is InChI=1S/C25H32N2O4/c1-18(12-19-8-6-5-7-9-19)16-27(17-20-10-11-26-15-20)25(28)21-13-22(29-2)24(31-4)23(14-21)30-3/h5-9,12-14,20,26H,10-11,15-17H2,1-4H3. The highest BCUT2D eigenvalue weighted by Crippen LogP contribution is 2.38. The van der Waals surface area contributed by atoms with Gasteiger partial charge in [0.05, 0.1) is 21.3 Å². The zero-order chi connectivity index (χ0) is 22.2. The molecular formula is C25H32N2O4. The van der Waals surface area contributed by atoms with E-state index in [0.717, 1.165) is 30.6 Å². The molecule has 6 nitrogen and oxygen atoms in total. The van der Waals surface area contributed by atoms with Crippen molar-refractivity contribution in [3.63, 3.8) is 0 Å². The maximum absolute atomic E-state index is 13.6. The molecule has 2 aromatic rings. The van der Waals surface area contributed by atoms with Crippen LogP contribution in [0.4, 0.5) is 0 Å². The molecule has 0 radical (unpaired) electrons. The molecule has 1 N–H and O–H groups in total. The molecule has 1 amide bonds. The van der Waals surface area contributed by atoms with E-state index in [1.807, 2.05) is 23.1 Å². The summed E-state index contributed by atoms with van der Waals surface area (Å²) in [7, 11) is 4.67. The minimum absolute atomic E-state index is 0.0491. The largest absolute Gasteiger partial charge is 0.493 e. The number of rotatable bonds is 9. The van der Waals surface area contributed by atoms with Gasteiger partial charge >= 0.3 is 0 Å². The number of nitrogens with zero attached hydrogens (tertiary/aromatic N) is 1. The SMILES string of the molecule is COc1cc(C(=O)N(CC(C)=Cc2ccccc2)CC2CCNC2)cc(OC)c1OC. The molecule has 1 fully saturated rings. The van der Waals surface area contributed by atoms with Crippen LogP contribution in [0.25, 0.3) is 6.08 Å². The van der Waals surface area contributed by atoms with E-state index in [2.05, 4.69) is 30.4 Å². The van der Waals surface area contributed by atoms with Crippen molar-refractivity contribution in [2.45, 2.75) is 13.3 Å². The Morgan fingerprint density at radius 2 is 1.77 bits per heavy atom. The minimum Gasteiger partial charge on any atom is -0.493 e. The zero-order valence-electron chi connectivity index (χ0n) is 18.8. The van der Waals surface area contributed by atoms with Gasteiger partial charge in [0.2, 0.25) is 5.75 Å². The molecule has 0 bridgehead atoms. The summed E-state index contributed by atoms with van der Waals surface area (Å²) in [5.41, 5.74) is 2.77. The van der Waals surface area contributed by atoms with Crippen molar-refractivity contribution in [2.24, 2.45) is 5.92 Å². The van der Waals surface area contributed by atoms with Crippen LogP contribution in [-0.2, 0) is 0 Å². The van der Waals surface area contributed by atoms with Gasteiger partial charge in [0, 0.05) is 18.7 Å². The Morgan fingerprint density at radius 1 is 1.10 bits per heavy atom. The lowest BCUT2D eigenvalue weighted by Gasteiger charge is -2.27. The summed E-state index contributed by atoms with van der Waals surface area (Å²) in [6, 6.07) is 13.6. The van der Waals surface area contributed by atoms with Crippen LogP contribution in [0.15, 0.2) is 48.0 Å². The van der Waals surface area contributed by atoms with Gasteiger partial charge in [-0.1, -0.05) is 42.0 Å². The molecule has 0 aromatic heterocycles. The van der Waals surface area contributed by atoms with E-state index >= 15 is 0 Å². The number of hydrogen-bond donors (Lipinski definition) is 1. The topological polar surface area (TPSA) is 60.0 Å². The molecule has 3 rings (SSSR count). The molecular weight excluding hydrogens is 392 g/mol. The third-order valence-electron chi connectivity index (χ3n) is 5.49. The van der Waals surface area contributed by atoms with Crippen LogP contribution in [0.1, 0.15) is 29.3 Å². The van der Waals surface area contributed by atoms with Gasteiger partial charge in [-0.3, -0.25) is 4.79 Å². The van der Waals surface area contributed by atoms with Crippen LogP contribution in [0.2, 0.25) is 0 Å². The first-order valence-corrected chi connectivity index (χ1v) is 10.6. The van der Waals surface area contributed by atoms with Crippen LogP contribution in [-0.4, -0.2) is 58.3 Å². The second kappa shape index (κ2) is 10.9. The molecule has 0 aliphatic carbocycles. The predicted molar refractivity (Wildman–Crippen MR) is 123 cm³/mol. The average Bonchev–Trinajstić information content (AvgIpc) is 3.30. The van der Waals surface area contributed by atoms with Crippen molar-refractivity contribution in [3.05, 3.63) is 59.2 Å². The van der Waals surface area contributed by atoms with E-state index in [1.165, 1.54) is 0 Å². The fourth-order valence-electron chi connectivity index (χ4n) is 3.97. The summed E-state index contributed by atoms with van der Waals surface area (Å²) < 4.78 is 16.3. The first-order valence-electron chi connectivity index (χ1n) is 10.6. The summed E-state index contributed by atoms with van der Waals surface area (Å²) in [6.45, 7) is 5.24. The van der Waals surface area contributed by atoms with Crippen molar-refractivity contribution in [1.29, 1.82) is 0 Å². The maximum atomic E-state index is 13.6. The molecule has 1 saturated heterocycles. The number of ether oxygens (including phenoxy) is 3. The maximum Gasteiger partial charge on any atom is 0.254 e. The van der Waals surface area contributed by atoms with Gasteiger partial charge < -0.3 is 24.4 Å². The van der Waals surface area contributed by atoms with Gasteiger partial charge in [-0.25, -0.2) is 0 Å². The number of benzene rings is 2. The van der Waals surface area contributed by atoms with Crippen molar-refractivity contribution in [1.82, 2.24) is 10.2 Å². The summed E-state index contributed by atoms with van der Waals surface area (Å²) >= 11 is 0. The Balaban J connectivity index is 1.89. The molecule has 31 heavy (non-hydrogen) atoms. The number of methoxy groups -OCH3 is 3. The normalized spacial score (nSPS) is 16.1. The summed E-state index contributed by atoms with van der Waals surface area (Å²) in [6.07, 6.45) is 3.20. The van der Waals surface area contributed by atoms with Gasteiger partial charge in [-0.2, -0.15) is 0 Å². The summed E-state index contributed by atoms with van der Waals surface area (Å²) in [5, 5.41) is 3.39. The Kier molecular flexibility index (Phi) is 7.95. The molecule has 0 spiro atoms. The van der Waals surface area contributed by atoms with E-state index < -0.39 is 0 Å². The molecule has 1 aliphatic rings. The van der Waals surface area contributed by atoms with Gasteiger partial charge in [-0.15, -0.1) is 0 Å². The number of carbonyl (C=O) groups is 1. The Hall–Kier alpha value is -2.99. The van der Waals surface area contributed by atoms with Gasteiger partial charge in [-0.05, 0) is 50.0 Å². The van der Waals surface area contributed by atoms with E-state index in [1.54, 1.807) is 33.5 Å². The Morgan fingerprint density at radius 3 is 2.32 bits per heavy atom. The monoisotopic (exact) mass is 424 g/mol. The lowest BCUT2D eigenvalue weighted by molar-refractivity contribution is 0.0747. The predicted octanol–water partition coefficient (Wildman–Crippen LogP) is 3.87. The second-order valence-electron chi connectivity index (χ2n) is 7.86. The fraction of sp³-hybridized carbons (Fsp3) is 0.400. The van der Waals surface area contributed by atoms with Crippen molar-refractivity contribution in [2.75, 3.05) is 47.5 Å². The highest BCUT2D eigenvalue weighted by atomic mass is 16.5. The van der Waals surface area contributed by atoms with E-state index in [9.17, 15) is 4.79 Å². The van der Waals surface area contributed by atoms with Crippen molar-refractivity contribution in [3.8, 4) is 17.2 Å². The van der Waals surface area contributed by atoms with Crippen LogP contribution in [0, 0.1) is 5.92 Å². The van der Waals surface area contributed by atoms with Crippen LogP contribution < -0.4 is 19.5 Å². The van der Waals surface area contributed by atoms with E-state index in [4.69, 9.17) is 14.2 Å².